The lowest BCUT2D eigenvalue weighted by atomic mass is 9.86. The molecule has 3 nitrogen and oxygen atoms in total. The van der Waals surface area contributed by atoms with Gasteiger partial charge >= 0.3 is 5.97 Å². The molecule has 0 spiro atoms. The number of carbonyl (C=O) groups excluding carboxylic acids is 1. The summed E-state index contributed by atoms with van der Waals surface area (Å²) < 4.78 is 0. The average molecular weight is 321 g/mol. The quantitative estimate of drug-likeness (QED) is 0.455. The fraction of sp³-hybridized carbons (Fsp3) is 0.429. The van der Waals surface area contributed by atoms with Gasteiger partial charge in [-0.3, -0.25) is 0 Å². The van der Waals surface area contributed by atoms with Gasteiger partial charge in [-0.05, 0) is 66.3 Å². The number of carbonyl (C=O) groups is 1. The van der Waals surface area contributed by atoms with Gasteiger partial charge in [0, 0.05) is 0 Å². The second kappa shape index (κ2) is 6.39. The summed E-state index contributed by atoms with van der Waals surface area (Å²) in [6, 6.07) is 14.4. The third kappa shape index (κ3) is 3.08. The van der Waals surface area contributed by atoms with Crippen LogP contribution in [0.3, 0.4) is 0 Å². The van der Waals surface area contributed by atoms with Crippen LogP contribution in [0.15, 0.2) is 47.6 Å². The van der Waals surface area contributed by atoms with Gasteiger partial charge < -0.3 is 4.84 Å². The Bertz CT molecular complexity index is 795. The molecule has 0 aliphatic heterocycles. The Hall–Kier alpha value is -2.16. The first-order valence-electron chi connectivity index (χ1n) is 8.92. The SMILES string of the molecule is CC(=NOC(=O)CC1CC2CCC1C2)c1ccc2ccccc2c1. The van der Waals surface area contributed by atoms with Crippen molar-refractivity contribution in [3.63, 3.8) is 0 Å². The molecule has 2 aromatic rings. The van der Waals surface area contributed by atoms with Gasteiger partial charge in [0.1, 0.15) is 0 Å². The van der Waals surface area contributed by atoms with Gasteiger partial charge in [0.15, 0.2) is 0 Å². The molecule has 2 bridgehead atoms. The number of rotatable bonds is 4. The monoisotopic (exact) mass is 321 g/mol. The van der Waals surface area contributed by atoms with Gasteiger partial charge in [0.05, 0.1) is 12.1 Å². The van der Waals surface area contributed by atoms with Crippen molar-refractivity contribution in [2.45, 2.75) is 39.0 Å². The molecule has 3 atom stereocenters. The van der Waals surface area contributed by atoms with Crippen LogP contribution in [0.5, 0.6) is 0 Å². The average Bonchev–Trinajstić information content (AvgIpc) is 3.22. The first kappa shape index (κ1) is 15.4. The molecule has 4 rings (SSSR count). The molecule has 0 saturated heterocycles. The second-order valence-corrected chi connectivity index (χ2v) is 7.34. The van der Waals surface area contributed by atoms with E-state index in [1.807, 2.05) is 25.1 Å². The van der Waals surface area contributed by atoms with E-state index in [-0.39, 0.29) is 5.97 Å². The molecule has 0 aromatic heterocycles. The maximum atomic E-state index is 12.1. The smallest absolute Gasteiger partial charge is 0.318 e. The standard InChI is InChI=1S/C21H23NO2/c1-14(17-9-8-16-4-2-3-5-18(16)12-17)22-24-21(23)13-20-11-15-6-7-19(20)10-15/h2-5,8-9,12,15,19-20H,6-7,10-11,13H2,1H3. The second-order valence-electron chi connectivity index (χ2n) is 7.34. The Morgan fingerprint density at radius 1 is 1.12 bits per heavy atom. The van der Waals surface area contributed by atoms with Gasteiger partial charge in [-0.25, -0.2) is 4.79 Å². The predicted molar refractivity (Wildman–Crippen MR) is 95.8 cm³/mol. The van der Waals surface area contributed by atoms with E-state index < -0.39 is 0 Å². The first-order valence-corrected chi connectivity index (χ1v) is 8.92. The van der Waals surface area contributed by atoms with Gasteiger partial charge in [-0.2, -0.15) is 0 Å². The molecule has 3 heteroatoms. The number of nitrogens with zero attached hydrogens (tertiary/aromatic N) is 1. The topological polar surface area (TPSA) is 38.7 Å². The summed E-state index contributed by atoms with van der Waals surface area (Å²) in [7, 11) is 0. The molecule has 3 unspecified atom stereocenters. The number of benzene rings is 2. The van der Waals surface area contributed by atoms with Gasteiger partial charge in [0.25, 0.3) is 0 Å². The fourth-order valence-corrected chi connectivity index (χ4v) is 4.46. The minimum absolute atomic E-state index is 0.187. The van der Waals surface area contributed by atoms with E-state index in [0.717, 1.165) is 28.5 Å². The van der Waals surface area contributed by atoms with Crippen molar-refractivity contribution in [1.82, 2.24) is 0 Å². The summed E-state index contributed by atoms with van der Waals surface area (Å²) in [5.74, 6) is 1.93. The third-order valence-electron chi connectivity index (χ3n) is 5.77. The number of hydrogen-bond donors (Lipinski definition) is 0. The lowest BCUT2D eigenvalue weighted by molar-refractivity contribution is -0.145. The predicted octanol–water partition coefficient (Wildman–Crippen LogP) is 4.93. The zero-order chi connectivity index (χ0) is 16.5. The molecule has 0 radical (unpaired) electrons. The van der Waals surface area contributed by atoms with Crippen molar-refractivity contribution in [3.05, 3.63) is 48.0 Å². The highest BCUT2D eigenvalue weighted by Crippen LogP contribution is 2.49. The van der Waals surface area contributed by atoms with Crippen molar-refractivity contribution in [3.8, 4) is 0 Å². The zero-order valence-corrected chi connectivity index (χ0v) is 14.1. The number of fused-ring (bicyclic) bond motifs is 3. The Morgan fingerprint density at radius 3 is 2.71 bits per heavy atom. The van der Waals surface area contributed by atoms with E-state index in [9.17, 15) is 4.79 Å². The summed E-state index contributed by atoms with van der Waals surface area (Å²) in [5, 5.41) is 6.43. The summed E-state index contributed by atoms with van der Waals surface area (Å²) in [6.45, 7) is 1.88. The summed E-state index contributed by atoms with van der Waals surface area (Å²) in [5.41, 5.74) is 1.73. The summed E-state index contributed by atoms with van der Waals surface area (Å²) in [6.07, 6.45) is 5.69. The van der Waals surface area contributed by atoms with Crippen LogP contribution in [-0.4, -0.2) is 11.7 Å². The van der Waals surface area contributed by atoms with E-state index in [1.165, 1.54) is 31.1 Å². The van der Waals surface area contributed by atoms with Crippen LogP contribution in [0, 0.1) is 17.8 Å². The molecule has 2 aliphatic carbocycles. The van der Waals surface area contributed by atoms with Crippen LogP contribution in [0.2, 0.25) is 0 Å². The lowest BCUT2D eigenvalue weighted by Gasteiger charge is -2.19. The summed E-state index contributed by atoms with van der Waals surface area (Å²) in [4.78, 5) is 17.3. The highest BCUT2D eigenvalue weighted by atomic mass is 16.7. The van der Waals surface area contributed by atoms with Gasteiger partial charge in [-0.1, -0.05) is 48.0 Å². The van der Waals surface area contributed by atoms with Crippen LogP contribution in [0.25, 0.3) is 10.8 Å². The van der Waals surface area contributed by atoms with E-state index >= 15 is 0 Å². The molecule has 2 fully saturated rings. The molecule has 2 aliphatic rings. The summed E-state index contributed by atoms with van der Waals surface area (Å²) >= 11 is 0. The van der Waals surface area contributed by atoms with Crippen LogP contribution in [-0.2, 0) is 9.63 Å². The molecule has 24 heavy (non-hydrogen) atoms. The van der Waals surface area contributed by atoms with Crippen LogP contribution < -0.4 is 0 Å². The van der Waals surface area contributed by atoms with Crippen molar-refractivity contribution in [1.29, 1.82) is 0 Å². The van der Waals surface area contributed by atoms with Crippen molar-refractivity contribution < 1.29 is 9.63 Å². The molecule has 0 N–H and O–H groups in total. The third-order valence-corrected chi connectivity index (χ3v) is 5.77. The molecule has 0 amide bonds. The van der Waals surface area contributed by atoms with E-state index in [0.29, 0.717) is 12.3 Å². The first-order chi connectivity index (χ1) is 11.7. The Labute approximate surface area is 142 Å². The number of hydrogen-bond acceptors (Lipinski definition) is 3. The molecular formula is C21H23NO2. The van der Waals surface area contributed by atoms with E-state index in [2.05, 4.69) is 29.4 Å². The lowest BCUT2D eigenvalue weighted by Crippen LogP contribution is -2.16. The zero-order valence-electron chi connectivity index (χ0n) is 14.1. The fourth-order valence-electron chi connectivity index (χ4n) is 4.46. The Balaban J connectivity index is 1.39. The van der Waals surface area contributed by atoms with Crippen molar-refractivity contribution in [2.24, 2.45) is 22.9 Å². The highest BCUT2D eigenvalue weighted by Gasteiger charge is 2.40. The van der Waals surface area contributed by atoms with Crippen LogP contribution >= 0.6 is 0 Å². The van der Waals surface area contributed by atoms with Crippen LogP contribution in [0.1, 0.15) is 44.6 Å². The minimum atomic E-state index is -0.187. The normalized spacial score (nSPS) is 26.0. The molecule has 2 aromatic carbocycles. The van der Waals surface area contributed by atoms with Gasteiger partial charge in [0.2, 0.25) is 0 Å². The maximum Gasteiger partial charge on any atom is 0.335 e. The van der Waals surface area contributed by atoms with Crippen LogP contribution in [0.4, 0.5) is 0 Å². The Kier molecular flexibility index (Phi) is 4.09. The van der Waals surface area contributed by atoms with Gasteiger partial charge in [-0.15, -0.1) is 0 Å². The van der Waals surface area contributed by atoms with Crippen molar-refractivity contribution in [2.75, 3.05) is 0 Å². The molecular weight excluding hydrogens is 298 g/mol. The number of oxime groups is 1. The minimum Gasteiger partial charge on any atom is -0.318 e. The Morgan fingerprint density at radius 2 is 1.96 bits per heavy atom. The maximum absolute atomic E-state index is 12.1. The van der Waals surface area contributed by atoms with E-state index in [4.69, 9.17) is 4.84 Å². The molecule has 124 valence electrons. The largest absolute Gasteiger partial charge is 0.335 e. The van der Waals surface area contributed by atoms with E-state index in [1.54, 1.807) is 0 Å². The van der Waals surface area contributed by atoms with Crippen molar-refractivity contribution >= 4 is 22.5 Å². The molecule has 2 saturated carbocycles. The highest BCUT2D eigenvalue weighted by molar-refractivity contribution is 6.01. The molecule has 0 heterocycles.